The van der Waals surface area contributed by atoms with Gasteiger partial charge in [-0.1, -0.05) is 36.5 Å². The lowest BCUT2D eigenvalue weighted by molar-refractivity contribution is 0.0766. The van der Waals surface area contributed by atoms with Crippen molar-refractivity contribution in [2.45, 2.75) is 18.9 Å². The first-order valence-corrected chi connectivity index (χ1v) is 7.03. The number of thiocarbonyl (C=S) groups is 1. The number of nitrogens with zero attached hydrogens (tertiary/aromatic N) is 2. The number of pyridine rings is 1. The van der Waals surface area contributed by atoms with Crippen LogP contribution < -0.4 is 5.73 Å². The minimum Gasteiger partial charge on any atom is -0.392 e. The van der Waals surface area contributed by atoms with Gasteiger partial charge in [-0.3, -0.25) is 9.78 Å². The molecule has 102 valence electrons. The molecule has 3 rings (SSSR count). The van der Waals surface area contributed by atoms with E-state index in [1.807, 2.05) is 30.3 Å². The van der Waals surface area contributed by atoms with Crippen LogP contribution in [0.4, 0.5) is 0 Å². The molecule has 0 aliphatic carbocycles. The summed E-state index contributed by atoms with van der Waals surface area (Å²) in [6, 6.07) is 9.52. The Morgan fingerprint density at radius 2 is 2.15 bits per heavy atom. The van der Waals surface area contributed by atoms with E-state index in [-0.39, 0.29) is 11.9 Å². The first-order valence-electron chi connectivity index (χ1n) is 6.62. The van der Waals surface area contributed by atoms with Gasteiger partial charge < -0.3 is 10.6 Å². The highest BCUT2D eigenvalue weighted by molar-refractivity contribution is 7.80. The summed E-state index contributed by atoms with van der Waals surface area (Å²) in [6.07, 6.45) is 3.44. The Kier molecular flexibility index (Phi) is 3.36. The summed E-state index contributed by atoms with van der Waals surface area (Å²) in [6.45, 7) is 0.686. The van der Waals surface area contributed by atoms with Crippen LogP contribution in [-0.4, -0.2) is 33.4 Å². The van der Waals surface area contributed by atoms with Crippen LogP contribution >= 0.6 is 12.2 Å². The van der Waals surface area contributed by atoms with Gasteiger partial charge >= 0.3 is 0 Å². The van der Waals surface area contributed by atoms with E-state index in [2.05, 4.69) is 4.98 Å². The van der Waals surface area contributed by atoms with Crippen molar-refractivity contribution in [3.63, 3.8) is 0 Å². The third-order valence-corrected chi connectivity index (χ3v) is 3.99. The smallest absolute Gasteiger partial charge is 0.273 e. The molecule has 1 fully saturated rings. The van der Waals surface area contributed by atoms with Crippen molar-refractivity contribution in [3.8, 4) is 0 Å². The highest BCUT2D eigenvalue weighted by Crippen LogP contribution is 2.23. The third-order valence-electron chi connectivity index (χ3n) is 3.72. The Balaban J connectivity index is 2.03. The number of rotatable bonds is 2. The molecule has 20 heavy (non-hydrogen) atoms. The van der Waals surface area contributed by atoms with E-state index in [0.29, 0.717) is 17.2 Å². The standard InChI is InChI=1S/C15H15N3OS/c16-14(20)12-6-3-9-18(12)15(19)13-11-5-2-1-4-10(11)7-8-17-13/h1-2,4-5,7-8,12H,3,6,9H2,(H2,16,20). The molecule has 0 spiro atoms. The van der Waals surface area contributed by atoms with Gasteiger partial charge in [0.05, 0.1) is 11.0 Å². The van der Waals surface area contributed by atoms with E-state index in [9.17, 15) is 4.79 Å². The summed E-state index contributed by atoms with van der Waals surface area (Å²) >= 11 is 5.06. The highest BCUT2D eigenvalue weighted by atomic mass is 32.1. The van der Waals surface area contributed by atoms with E-state index in [4.69, 9.17) is 18.0 Å². The molecule has 0 saturated carbocycles. The fourth-order valence-electron chi connectivity index (χ4n) is 2.73. The highest BCUT2D eigenvalue weighted by Gasteiger charge is 2.32. The average Bonchev–Trinajstić information content (AvgIpc) is 2.95. The summed E-state index contributed by atoms with van der Waals surface area (Å²) in [5.41, 5.74) is 6.21. The second-order valence-electron chi connectivity index (χ2n) is 4.94. The molecule has 1 amide bonds. The Morgan fingerprint density at radius 1 is 1.35 bits per heavy atom. The number of hydrogen-bond acceptors (Lipinski definition) is 3. The largest absolute Gasteiger partial charge is 0.392 e. The molecular weight excluding hydrogens is 270 g/mol. The van der Waals surface area contributed by atoms with Crippen LogP contribution in [0.3, 0.4) is 0 Å². The molecule has 5 heteroatoms. The average molecular weight is 285 g/mol. The molecule has 0 radical (unpaired) electrons. The fourth-order valence-corrected chi connectivity index (χ4v) is 2.98. The minimum atomic E-state index is -0.140. The number of nitrogens with two attached hydrogens (primary N) is 1. The van der Waals surface area contributed by atoms with Crippen LogP contribution in [0.1, 0.15) is 23.3 Å². The van der Waals surface area contributed by atoms with Gasteiger partial charge in [0.2, 0.25) is 0 Å². The van der Waals surface area contributed by atoms with Crippen LogP contribution in [0.5, 0.6) is 0 Å². The van der Waals surface area contributed by atoms with E-state index < -0.39 is 0 Å². The topological polar surface area (TPSA) is 59.2 Å². The lowest BCUT2D eigenvalue weighted by Gasteiger charge is -2.23. The number of likely N-dealkylation sites (tertiary alicyclic amines) is 1. The van der Waals surface area contributed by atoms with Crippen molar-refractivity contribution in [1.82, 2.24) is 9.88 Å². The fraction of sp³-hybridized carbons (Fsp3) is 0.267. The van der Waals surface area contributed by atoms with Crippen LogP contribution in [0.2, 0.25) is 0 Å². The molecule has 1 atom stereocenters. The summed E-state index contributed by atoms with van der Waals surface area (Å²) in [7, 11) is 0. The zero-order valence-electron chi connectivity index (χ0n) is 11.0. The van der Waals surface area contributed by atoms with Gasteiger partial charge in [-0.15, -0.1) is 0 Å². The molecule has 1 aliphatic heterocycles. The number of amides is 1. The third kappa shape index (κ3) is 2.14. The SMILES string of the molecule is NC(=S)C1CCCN1C(=O)c1nccc2ccccc12. The quantitative estimate of drug-likeness (QED) is 0.859. The number of benzene rings is 1. The second-order valence-corrected chi connectivity index (χ2v) is 5.41. The predicted molar refractivity (Wildman–Crippen MR) is 82.6 cm³/mol. The maximum absolute atomic E-state index is 12.7. The number of carbonyl (C=O) groups excluding carboxylic acids is 1. The van der Waals surface area contributed by atoms with Crippen LogP contribution in [0, 0.1) is 0 Å². The normalized spacial score (nSPS) is 18.4. The van der Waals surface area contributed by atoms with E-state index in [0.717, 1.165) is 23.6 Å². The molecule has 1 aliphatic rings. The summed E-state index contributed by atoms with van der Waals surface area (Å²) < 4.78 is 0. The molecule has 4 nitrogen and oxygen atoms in total. The van der Waals surface area contributed by atoms with Crippen molar-refractivity contribution >= 4 is 33.9 Å². The van der Waals surface area contributed by atoms with Gasteiger partial charge in [0.1, 0.15) is 5.69 Å². The molecule has 2 heterocycles. The molecule has 1 aromatic carbocycles. The van der Waals surface area contributed by atoms with Crippen molar-refractivity contribution in [2.75, 3.05) is 6.54 Å². The van der Waals surface area contributed by atoms with Gasteiger partial charge in [-0.05, 0) is 24.3 Å². The predicted octanol–water partition coefficient (Wildman–Crippen LogP) is 2.13. The van der Waals surface area contributed by atoms with E-state index in [1.165, 1.54) is 0 Å². The monoisotopic (exact) mass is 285 g/mol. The first kappa shape index (κ1) is 13.0. The Labute approximate surface area is 122 Å². The Morgan fingerprint density at radius 3 is 2.95 bits per heavy atom. The number of aromatic nitrogens is 1. The van der Waals surface area contributed by atoms with Gasteiger partial charge in [-0.2, -0.15) is 0 Å². The maximum Gasteiger partial charge on any atom is 0.273 e. The van der Waals surface area contributed by atoms with Gasteiger partial charge in [-0.25, -0.2) is 0 Å². The molecule has 1 unspecified atom stereocenters. The molecule has 0 bridgehead atoms. The van der Waals surface area contributed by atoms with Crippen molar-refractivity contribution in [2.24, 2.45) is 5.73 Å². The van der Waals surface area contributed by atoms with Gasteiger partial charge in [0.15, 0.2) is 0 Å². The minimum absolute atomic E-state index is 0.0860. The van der Waals surface area contributed by atoms with Crippen LogP contribution in [-0.2, 0) is 0 Å². The van der Waals surface area contributed by atoms with Crippen LogP contribution in [0.15, 0.2) is 36.5 Å². The second kappa shape index (κ2) is 5.17. The lowest BCUT2D eigenvalue weighted by atomic mass is 10.1. The first-order chi connectivity index (χ1) is 9.68. The summed E-state index contributed by atoms with van der Waals surface area (Å²) in [4.78, 5) is 19.1. The number of carbonyl (C=O) groups is 1. The van der Waals surface area contributed by atoms with Gasteiger partial charge in [0, 0.05) is 18.1 Å². The molecular formula is C15H15N3OS. The van der Waals surface area contributed by atoms with Gasteiger partial charge in [0.25, 0.3) is 5.91 Å². The number of fused-ring (bicyclic) bond motifs is 1. The Hall–Kier alpha value is -2.01. The summed E-state index contributed by atoms with van der Waals surface area (Å²) in [5.74, 6) is -0.0860. The molecule has 1 saturated heterocycles. The van der Waals surface area contributed by atoms with E-state index >= 15 is 0 Å². The maximum atomic E-state index is 12.7. The summed E-state index contributed by atoms with van der Waals surface area (Å²) in [5, 5.41) is 1.88. The van der Waals surface area contributed by atoms with E-state index in [1.54, 1.807) is 11.1 Å². The molecule has 2 aromatic rings. The van der Waals surface area contributed by atoms with Crippen molar-refractivity contribution in [3.05, 3.63) is 42.2 Å². The lowest BCUT2D eigenvalue weighted by Crippen LogP contribution is -2.43. The molecule has 2 N–H and O–H groups in total. The molecule has 1 aromatic heterocycles. The van der Waals surface area contributed by atoms with Crippen molar-refractivity contribution in [1.29, 1.82) is 0 Å². The number of hydrogen-bond donors (Lipinski definition) is 1. The zero-order valence-corrected chi connectivity index (χ0v) is 11.8. The Bertz CT molecular complexity index is 680. The van der Waals surface area contributed by atoms with Crippen molar-refractivity contribution < 1.29 is 4.79 Å². The zero-order chi connectivity index (χ0) is 14.1. The van der Waals surface area contributed by atoms with Crippen LogP contribution in [0.25, 0.3) is 10.8 Å².